The van der Waals surface area contributed by atoms with E-state index in [4.69, 9.17) is 0 Å². The lowest BCUT2D eigenvalue weighted by Crippen LogP contribution is -2.30. The first-order valence-electron chi connectivity index (χ1n) is 10.9. The van der Waals surface area contributed by atoms with Crippen LogP contribution in [0.1, 0.15) is 49.0 Å². The average molecular weight is 487 g/mol. The van der Waals surface area contributed by atoms with Gasteiger partial charge in [0.15, 0.2) is 0 Å². The van der Waals surface area contributed by atoms with Crippen molar-refractivity contribution in [2.24, 2.45) is 5.92 Å². The van der Waals surface area contributed by atoms with E-state index in [1.165, 1.54) is 23.1 Å². The van der Waals surface area contributed by atoms with Gasteiger partial charge in [0.25, 0.3) is 5.56 Å². The van der Waals surface area contributed by atoms with Crippen molar-refractivity contribution >= 4 is 50.8 Å². The molecule has 0 aliphatic rings. The number of carbonyl (C=O) groups excluding carboxylic acids is 2. The minimum atomic E-state index is -0.313. The van der Waals surface area contributed by atoms with E-state index in [1.807, 2.05) is 58.9 Å². The molecule has 0 radical (unpaired) electrons. The zero-order valence-electron chi connectivity index (χ0n) is 19.6. The standard InChI is InChI=1S/C24H30N4O3S2/c1-13(2)9-20(29)26-18-8-6-7-17(10-18)11-25-22(30)16(5)32-12-19-27-23(31)21-14(3)15(4)33-24(21)28-19/h6-8,10,13,16H,9,11-12H2,1-5H3,(H,25,30)(H,26,29)(H,27,28,31). The molecule has 0 fully saturated rings. The van der Waals surface area contributed by atoms with Crippen LogP contribution in [0.3, 0.4) is 0 Å². The van der Waals surface area contributed by atoms with Crippen LogP contribution in [0.2, 0.25) is 0 Å². The molecule has 9 heteroatoms. The Bertz CT molecular complexity index is 1220. The second-order valence-corrected chi connectivity index (χ2v) is 11.0. The lowest BCUT2D eigenvalue weighted by atomic mass is 10.1. The second-order valence-electron chi connectivity index (χ2n) is 8.49. The summed E-state index contributed by atoms with van der Waals surface area (Å²) in [6, 6.07) is 7.47. The number of benzene rings is 1. The topological polar surface area (TPSA) is 104 Å². The average Bonchev–Trinajstić information content (AvgIpc) is 3.03. The number of fused-ring (bicyclic) bond motifs is 1. The van der Waals surface area contributed by atoms with Crippen molar-refractivity contribution in [3.8, 4) is 0 Å². The molecule has 0 saturated carbocycles. The molecule has 3 N–H and O–H groups in total. The Morgan fingerprint density at radius 3 is 2.70 bits per heavy atom. The summed E-state index contributed by atoms with van der Waals surface area (Å²) in [6.45, 7) is 10.1. The van der Waals surface area contributed by atoms with E-state index in [9.17, 15) is 14.4 Å². The molecule has 0 bridgehead atoms. The van der Waals surface area contributed by atoms with Gasteiger partial charge in [-0.25, -0.2) is 4.98 Å². The Morgan fingerprint density at radius 1 is 1.21 bits per heavy atom. The van der Waals surface area contributed by atoms with E-state index >= 15 is 0 Å². The van der Waals surface area contributed by atoms with Crippen LogP contribution < -0.4 is 16.2 Å². The van der Waals surface area contributed by atoms with Crippen molar-refractivity contribution in [2.75, 3.05) is 5.32 Å². The smallest absolute Gasteiger partial charge is 0.259 e. The first kappa shape index (κ1) is 25.0. The second kappa shape index (κ2) is 11.0. The summed E-state index contributed by atoms with van der Waals surface area (Å²) in [6.07, 6.45) is 0.467. The van der Waals surface area contributed by atoms with Crippen molar-refractivity contribution in [1.29, 1.82) is 0 Å². The fraction of sp³-hybridized carbons (Fsp3) is 0.417. The number of anilines is 1. The highest BCUT2D eigenvalue weighted by atomic mass is 32.2. The normalized spacial score (nSPS) is 12.2. The number of carbonyl (C=O) groups is 2. The van der Waals surface area contributed by atoms with Gasteiger partial charge in [-0.15, -0.1) is 23.1 Å². The maximum absolute atomic E-state index is 12.6. The number of aryl methyl sites for hydroxylation is 2. The van der Waals surface area contributed by atoms with Crippen molar-refractivity contribution in [3.63, 3.8) is 0 Å². The first-order chi connectivity index (χ1) is 15.6. The quantitative estimate of drug-likeness (QED) is 0.412. The molecule has 2 heterocycles. The maximum atomic E-state index is 12.6. The van der Waals surface area contributed by atoms with Crippen LogP contribution in [0.5, 0.6) is 0 Å². The fourth-order valence-electron chi connectivity index (χ4n) is 3.32. The third-order valence-electron chi connectivity index (χ3n) is 5.20. The minimum Gasteiger partial charge on any atom is -0.351 e. The Morgan fingerprint density at radius 2 is 1.97 bits per heavy atom. The van der Waals surface area contributed by atoms with Crippen LogP contribution in [-0.4, -0.2) is 27.0 Å². The molecule has 0 spiro atoms. The Hall–Kier alpha value is -2.65. The number of thioether (sulfide) groups is 1. The largest absolute Gasteiger partial charge is 0.351 e. The van der Waals surface area contributed by atoms with Crippen molar-refractivity contribution in [3.05, 3.63) is 56.4 Å². The predicted octanol–water partition coefficient (Wildman–Crippen LogP) is 4.52. The maximum Gasteiger partial charge on any atom is 0.259 e. The number of rotatable bonds is 9. The van der Waals surface area contributed by atoms with Crippen LogP contribution in [0.4, 0.5) is 5.69 Å². The molecule has 33 heavy (non-hydrogen) atoms. The number of hydrogen-bond acceptors (Lipinski definition) is 6. The number of nitrogens with one attached hydrogen (secondary N) is 3. The monoisotopic (exact) mass is 486 g/mol. The highest BCUT2D eigenvalue weighted by molar-refractivity contribution is 7.99. The molecule has 2 aromatic heterocycles. The van der Waals surface area contributed by atoms with Crippen LogP contribution >= 0.6 is 23.1 Å². The van der Waals surface area contributed by atoms with Gasteiger partial charge in [-0.2, -0.15) is 0 Å². The number of H-pyrrole nitrogens is 1. The lowest BCUT2D eigenvalue weighted by Gasteiger charge is -2.13. The fourth-order valence-corrected chi connectivity index (χ4v) is 5.15. The van der Waals surface area contributed by atoms with Gasteiger partial charge in [0.1, 0.15) is 10.7 Å². The van der Waals surface area contributed by atoms with Crippen LogP contribution in [-0.2, 0) is 21.9 Å². The number of hydrogen-bond donors (Lipinski definition) is 3. The van der Waals surface area contributed by atoms with Crippen molar-refractivity contribution < 1.29 is 9.59 Å². The van der Waals surface area contributed by atoms with E-state index in [2.05, 4.69) is 20.6 Å². The van der Waals surface area contributed by atoms with E-state index < -0.39 is 0 Å². The molecule has 1 aromatic carbocycles. The number of thiophene rings is 1. The Kier molecular flexibility index (Phi) is 8.31. The summed E-state index contributed by atoms with van der Waals surface area (Å²) in [4.78, 5) is 46.2. The van der Waals surface area contributed by atoms with Crippen LogP contribution in [0, 0.1) is 19.8 Å². The van der Waals surface area contributed by atoms with Gasteiger partial charge < -0.3 is 15.6 Å². The van der Waals surface area contributed by atoms with Gasteiger partial charge in [-0.3, -0.25) is 14.4 Å². The van der Waals surface area contributed by atoms with Crippen LogP contribution in [0.15, 0.2) is 29.1 Å². The molecule has 1 atom stereocenters. The van der Waals surface area contributed by atoms with E-state index in [0.717, 1.165) is 26.5 Å². The van der Waals surface area contributed by atoms with Gasteiger partial charge in [0.05, 0.1) is 16.4 Å². The molecule has 3 aromatic rings. The third kappa shape index (κ3) is 6.68. The van der Waals surface area contributed by atoms with Crippen molar-refractivity contribution in [1.82, 2.24) is 15.3 Å². The highest BCUT2D eigenvalue weighted by Crippen LogP contribution is 2.26. The SMILES string of the molecule is Cc1sc2nc(CSC(C)C(=O)NCc3cccc(NC(=O)CC(C)C)c3)[nH]c(=O)c2c1C. The first-order valence-corrected chi connectivity index (χ1v) is 12.8. The summed E-state index contributed by atoms with van der Waals surface area (Å²) >= 11 is 2.94. The third-order valence-corrected chi connectivity index (χ3v) is 7.45. The molecule has 176 valence electrons. The highest BCUT2D eigenvalue weighted by Gasteiger charge is 2.16. The van der Waals surface area contributed by atoms with E-state index in [1.54, 1.807) is 0 Å². The van der Waals surface area contributed by atoms with Gasteiger partial charge in [-0.1, -0.05) is 26.0 Å². The molecular weight excluding hydrogens is 456 g/mol. The number of nitrogens with zero attached hydrogens (tertiary/aromatic N) is 1. The van der Waals surface area contributed by atoms with Gasteiger partial charge in [0.2, 0.25) is 11.8 Å². The number of aromatic nitrogens is 2. The number of aromatic amines is 1. The lowest BCUT2D eigenvalue weighted by molar-refractivity contribution is -0.120. The Balaban J connectivity index is 1.53. The molecular formula is C24H30N4O3S2. The molecule has 3 rings (SSSR count). The summed E-state index contributed by atoms with van der Waals surface area (Å²) in [5.41, 5.74) is 2.47. The molecule has 7 nitrogen and oxygen atoms in total. The van der Waals surface area contributed by atoms with E-state index in [0.29, 0.717) is 35.8 Å². The summed E-state index contributed by atoms with van der Waals surface area (Å²) in [5, 5.41) is 6.17. The molecule has 0 aliphatic carbocycles. The summed E-state index contributed by atoms with van der Waals surface area (Å²) < 4.78 is 0. The molecule has 1 unspecified atom stereocenters. The Labute approximate surface area is 201 Å². The molecule has 0 saturated heterocycles. The van der Waals surface area contributed by atoms with Crippen molar-refractivity contribution in [2.45, 2.75) is 58.6 Å². The summed E-state index contributed by atoms with van der Waals surface area (Å²) in [5.74, 6) is 1.19. The molecule has 2 amide bonds. The van der Waals surface area contributed by atoms with Gasteiger partial charge >= 0.3 is 0 Å². The predicted molar refractivity (Wildman–Crippen MR) is 137 cm³/mol. The number of amides is 2. The minimum absolute atomic E-state index is 0.0195. The summed E-state index contributed by atoms with van der Waals surface area (Å²) in [7, 11) is 0. The van der Waals surface area contributed by atoms with E-state index in [-0.39, 0.29) is 22.6 Å². The zero-order chi connectivity index (χ0) is 24.1. The zero-order valence-corrected chi connectivity index (χ0v) is 21.2. The molecule has 0 aliphatic heterocycles. The van der Waals surface area contributed by atoms with Crippen LogP contribution in [0.25, 0.3) is 10.2 Å². The van der Waals surface area contributed by atoms with Gasteiger partial charge in [-0.05, 0) is 49.9 Å². The van der Waals surface area contributed by atoms with Gasteiger partial charge in [0, 0.05) is 23.5 Å².